The first-order chi connectivity index (χ1) is 15.8. The zero-order valence-corrected chi connectivity index (χ0v) is 17.6. The first-order valence-electron chi connectivity index (χ1n) is 10.4. The second kappa shape index (κ2) is 7.51. The molecule has 1 aliphatic carbocycles. The third kappa shape index (κ3) is 3.26. The molecule has 0 unspecified atom stereocenters. The predicted molar refractivity (Wildman–Crippen MR) is 116 cm³/mol. The molecule has 4 amide bonds. The van der Waals surface area contributed by atoms with Crippen LogP contribution in [0.5, 0.6) is 0 Å². The van der Waals surface area contributed by atoms with E-state index in [1.54, 1.807) is 0 Å². The topological polar surface area (TPSA) is 78.5 Å². The number of nitrogens with zero attached hydrogens (tertiary/aromatic N) is 1. The summed E-state index contributed by atoms with van der Waals surface area (Å²) in [6, 6.07) is 17.2. The lowest BCUT2D eigenvalue weighted by Crippen LogP contribution is -2.43. The van der Waals surface area contributed by atoms with Crippen molar-refractivity contribution < 1.29 is 23.2 Å². The molecule has 1 saturated heterocycles. The van der Waals surface area contributed by atoms with Crippen molar-refractivity contribution in [1.82, 2.24) is 15.5 Å². The quantitative estimate of drug-likeness (QED) is 0.600. The second-order valence-corrected chi connectivity index (χ2v) is 8.25. The molecule has 2 N–H and O–H groups in total. The van der Waals surface area contributed by atoms with Crippen LogP contribution in [0.3, 0.4) is 0 Å². The fraction of sp³-hybridized carbons (Fsp3) is 0.160. The van der Waals surface area contributed by atoms with E-state index >= 15 is 0 Å². The number of rotatable bonds is 4. The van der Waals surface area contributed by atoms with Crippen molar-refractivity contribution in [3.05, 3.63) is 95.1 Å². The maximum atomic E-state index is 13.7. The van der Waals surface area contributed by atoms with Crippen molar-refractivity contribution in [3.63, 3.8) is 0 Å². The number of hydrogen-bond acceptors (Lipinski definition) is 3. The van der Waals surface area contributed by atoms with Gasteiger partial charge in [0.1, 0.15) is 12.1 Å². The van der Waals surface area contributed by atoms with Gasteiger partial charge in [-0.05, 0) is 46.9 Å². The van der Waals surface area contributed by atoms with Crippen LogP contribution >= 0.6 is 0 Å². The first-order valence-corrected chi connectivity index (χ1v) is 10.4. The molecule has 0 spiro atoms. The van der Waals surface area contributed by atoms with E-state index < -0.39 is 47.6 Å². The van der Waals surface area contributed by atoms with Gasteiger partial charge in [-0.3, -0.25) is 14.5 Å². The summed E-state index contributed by atoms with van der Waals surface area (Å²) < 4.78 is 27.1. The smallest absolute Gasteiger partial charge is 0.325 e. The Hall–Kier alpha value is -4.07. The van der Waals surface area contributed by atoms with Crippen molar-refractivity contribution in [3.8, 4) is 11.1 Å². The Bertz CT molecular complexity index is 1280. The standard InChI is InChI=1S/C25H19F2N3O3/c1-25(14-10-11-19(26)20(27)12-14)23(32)30(24(33)29-25)13-21(31)28-22-17-8-4-2-6-15(17)16-7-3-5-9-18(16)22/h2-12,22H,13H2,1H3,(H,28,31)(H,29,33)/t25-/m1/s1. The van der Waals surface area contributed by atoms with Crippen LogP contribution in [-0.4, -0.2) is 29.3 Å². The maximum absolute atomic E-state index is 13.7. The zero-order valence-electron chi connectivity index (χ0n) is 17.6. The van der Waals surface area contributed by atoms with Gasteiger partial charge in [0.2, 0.25) is 5.91 Å². The SMILES string of the molecule is C[C@]1(c2ccc(F)c(F)c2)NC(=O)N(CC(=O)NC2c3ccccc3-c3ccccc32)C1=O. The van der Waals surface area contributed by atoms with Crippen LogP contribution < -0.4 is 10.6 Å². The Morgan fingerprint density at radius 3 is 2.18 bits per heavy atom. The van der Waals surface area contributed by atoms with Gasteiger partial charge in [-0.25, -0.2) is 13.6 Å². The molecule has 6 nitrogen and oxygen atoms in total. The Morgan fingerprint density at radius 2 is 1.58 bits per heavy atom. The van der Waals surface area contributed by atoms with E-state index in [9.17, 15) is 23.2 Å². The van der Waals surface area contributed by atoms with Gasteiger partial charge in [0.25, 0.3) is 5.91 Å². The van der Waals surface area contributed by atoms with E-state index in [1.807, 2.05) is 48.5 Å². The summed E-state index contributed by atoms with van der Waals surface area (Å²) in [4.78, 5) is 39.3. The molecule has 1 aliphatic heterocycles. The molecule has 0 aromatic heterocycles. The van der Waals surface area contributed by atoms with Crippen LogP contribution in [0.4, 0.5) is 13.6 Å². The van der Waals surface area contributed by atoms with Crippen molar-refractivity contribution >= 4 is 17.8 Å². The molecule has 3 aromatic rings. The van der Waals surface area contributed by atoms with Crippen molar-refractivity contribution in [2.75, 3.05) is 6.54 Å². The molecule has 166 valence electrons. The fourth-order valence-corrected chi connectivity index (χ4v) is 4.50. The van der Waals surface area contributed by atoms with Crippen LogP contribution in [0.1, 0.15) is 29.7 Å². The summed E-state index contributed by atoms with van der Waals surface area (Å²) in [5.41, 5.74) is 2.35. The van der Waals surface area contributed by atoms with E-state index in [-0.39, 0.29) is 5.56 Å². The number of fused-ring (bicyclic) bond motifs is 3. The Kier molecular flexibility index (Phi) is 4.74. The minimum atomic E-state index is -1.61. The number of amides is 4. The Labute approximate surface area is 188 Å². The van der Waals surface area contributed by atoms with Crippen molar-refractivity contribution in [2.45, 2.75) is 18.5 Å². The van der Waals surface area contributed by atoms with Crippen LogP contribution in [0.25, 0.3) is 11.1 Å². The van der Waals surface area contributed by atoms with Crippen LogP contribution in [0.15, 0.2) is 66.7 Å². The van der Waals surface area contributed by atoms with Crippen molar-refractivity contribution in [1.29, 1.82) is 0 Å². The number of carbonyl (C=O) groups excluding carboxylic acids is 3. The highest BCUT2D eigenvalue weighted by Gasteiger charge is 2.50. The van der Waals surface area contributed by atoms with E-state index in [0.29, 0.717) is 0 Å². The number of nitrogens with one attached hydrogen (secondary N) is 2. The molecule has 0 saturated carbocycles. The average Bonchev–Trinajstić information content (AvgIpc) is 3.23. The summed E-state index contributed by atoms with van der Waals surface area (Å²) in [5.74, 6) is -3.44. The molecule has 3 aromatic carbocycles. The second-order valence-electron chi connectivity index (χ2n) is 8.25. The molecular formula is C25H19F2N3O3. The van der Waals surface area contributed by atoms with E-state index in [0.717, 1.165) is 39.3 Å². The molecule has 1 atom stereocenters. The lowest BCUT2D eigenvalue weighted by Gasteiger charge is -2.22. The number of hydrogen-bond donors (Lipinski definition) is 2. The van der Waals surface area contributed by atoms with Gasteiger partial charge in [0, 0.05) is 0 Å². The highest BCUT2D eigenvalue weighted by molar-refractivity contribution is 6.09. The third-order valence-corrected chi connectivity index (χ3v) is 6.21. The molecule has 2 aliphatic rings. The summed E-state index contributed by atoms with van der Waals surface area (Å²) >= 11 is 0. The van der Waals surface area contributed by atoms with Gasteiger partial charge in [0.05, 0.1) is 6.04 Å². The van der Waals surface area contributed by atoms with E-state index in [4.69, 9.17) is 0 Å². The maximum Gasteiger partial charge on any atom is 0.325 e. The molecule has 0 radical (unpaired) electrons. The number of urea groups is 1. The summed E-state index contributed by atoms with van der Waals surface area (Å²) in [7, 11) is 0. The van der Waals surface area contributed by atoms with Gasteiger partial charge in [-0.2, -0.15) is 0 Å². The van der Waals surface area contributed by atoms with Gasteiger partial charge in [-0.1, -0.05) is 54.6 Å². The minimum absolute atomic E-state index is 0.0845. The first kappa shape index (κ1) is 20.8. The molecular weight excluding hydrogens is 428 g/mol. The molecule has 5 rings (SSSR count). The van der Waals surface area contributed by atoms with Crippen LogP contribution in [0.2, 0.25) is 0 Å². The number of halogens is 2. The van der Waals surface area contributed by atoms with Gasteiger partial charge >= 0.3 is 6.03 Å². The monoisotopic (exact) mass is 447 g/mol. The van der Waals surface area contributed by atoms with Gasteiger partial charge in [-0.15, -0.1) is 0 Å². The molecule has 8 heteroatoms. The lowest BCUT2D eigenvalue weighted by molar-refractivity contribution is -0.135. The largest absolute Gasteiger partial charge is 0.344 e. The fourth-order valence-electron chi connectivity index (χ4n) is 4.50. The Morgan fingerprint density at radius 1 is 0.970 bits per heavy atom. The predicted octanol–water partition coefficient (Wildman–Crippen LogP) is 3.62. The minimum Gasteiger partial charge on any atom is -0.344 e. The highest BCUT2D eigenvalue weighted by Crippen LogP contribution is 2.43. The van der Waals surface area contributed by atoms with E-state index in [1.165, 1.54) is 13.0 Å². The highest BCUT2D eigenvalue weighted by atomic mass is 19.2. The van der Waals surface area contributed by atoms with Gasteiger partial charge in [0.15, 0.2) is 11.6 Å². The summed E-state index contributed by atoms with van der Waals surface area (Å²) in [6.07, 6.45) is 0. The normalized spacial score (nSPS) is 19.3. The Balaban J connectivity index is 1.37. The summed E-state index contributed by atoms with van der Waals surface area (Å²) in [6.45, 7) is 0.881. The molecule has 0 bridgehead atoms. The van der Waals surface area contributed by atoms with E-state index in [2.05, 4.69) is 10.6 Å². The summed E-state index contributed by atoms with van der Waals surface area (Å²) in [5, 5.41) is 5.41. The third-order valence-electron chi connectivity index (χ3n) is 6.21. The zero-order chi connectivity index (χ0) is 23.3. The number of carbonyl (C=O) groups is 3. The van der Waals surface area contributed by atoms with Crippen LogP contribution in [0, 0.1) is 11.6 Å². The number of imide groups is 1. The number of benzene rings is 3. The average molecular weight is 447 g/mol. The van der Waals surface area contributed by atoms with Gasteiger partial charge < -0.3 is 10.6 Å². The molecule has 1 heterocycles. The van der Waals surface area contributed by atoms with Crippen LogP contribution in [-0.2, 0) is 15.1 Å². The molecule has 33 heavy (non-hydrogen) atoms. The molecule has 1 fully saturated rings. The van der Waals surface area contributed by atoms with Crippen molar-refractivity contribution in [2.24, 2.45) is 0 Å². The lowest BCUT2D eigenvalue weighted by atomic mass is 9.92.